The smallest absolute Gasteiger partial charge is 0.251 e. The van der Waals surface area contributed by atoms with Crippen LogP contribution in [0.3, 0.4) is 0 Å². The molecule has 7 heteroatoms. The zero-order chi connectivity index (χ0) is 19.2. The largest absolute Gasteiger partial charge is 0.493 e. The van der Waals surface area contributed by atoms with Crippen LogP contribution < -0.4 is 19.5 Å². The van der Waals surface area contributed by atoms with Crippen LogP contribution in [0.1, 0.15) is 34.1 Å². The summed E-state index contributed by atoms with van der Waals surface area (Å²) in [5, 5.41) is 5.16. The van der Waals surface area contributed by atoms with Crippen LogP contribution in [0.5, 0.6) is 17.2 Å². The predicted molar refractivity (Wildman–Crippen MR) is 106 cm³/mol. The standard InChI is InChI=1S/C20H26N2O4S/c1-24-16-11-14(12-17(25-2)19(16)26-3)20(23)21-13-15(18-7-6-10-27-18)22-8-4-5-9-22/h6-7,10-12,15H,4-5,8-9,13H2,1-3H3,(H,21,23)/t15-/m1/s1. The van der Waals surface area contributed by atoms with Crippen LogP contribution in [0.2, 0.25) is 0 Å². The fourth-order valence-corrected chi connectivity index (χ4v) is 4.31. The average Bonchev–Trinajstić information content (AvgIpc) is 3.41. The molecule has 0 spiro atoms. The van der Waals surface area contributed by atoms with Crippen molar-refractivity contribution in [1.29, 1.82) is 0 Å². The molecule has 1 amide bonds. The number of hydrogen-bond acceptors (Lipinski definition) is 6. The van der Waals surface area contributed by atoms with E-state index in [1.165, 1.54) is 17.7 Å². The van der Waals surface area contributed by atoms with Crippen LogP contribution in [0.25, 0.3) is 0 Å². The minimum Gasteiger partial charge on any atom is -0.493 e. The number of rotatable bonds is 8. The van der Waals surface area contributed by atoms with Crippen molar-refractivity contribution in [3.05, 3.63) is 40.1 Å². The Balaban J connectivity index is 1.76. The third-order valence-electron chi connectivity index (χ3n) is 4.84. The number of nitrogens with zero attached hydrogens (tertiary/aromatic N) is 1. The molecule has 0 unspecified atom stereocenters. The molecule has 0 radical (unpaired) electrons. The predicted octanol–water partition coefficient (Wildman–Crippen LogP) is 3.34. The summed E-state index contributed by atoms with van der Waals surface area (Å²) in [6, 6.07) is 7.75. The molecule has 1 aromatic heterocycles. The van der Waals surface area contributed by atoms with E-state index in [1.54, 1.807) is 44.8 Å². The number of nitrogens with one attached hydrogen (secondary N) is 1. The van der Waals surface area contributed by atoms with Crippen molar-refractivity contribution in [1.82, 2.24) is 10.2 Å². The van der Waals surface area contributed by atoms with Crippen LogP contribution in [0.15, 0.2) is 29.6 Å². The van der Waals surface area contributed by atoms with Gasteiger partial charge in [0.1, 0.15) is 0 Å². The van der Waals surface area contributed by atoms with Crippen molar-refractivity contribution in [3.8, 4) is 17.2 Å². The van der Waals surface area contributed by atoms with E-state index in [1.807, 2.05) is 0 Å². The van der Waals surface area contributed by atoms with Gasteiger partial charge in [-0.25, -0.2) is 0 Å². The van der Waals surface area contributed by atoms with E-state index in [0.29, 0.717) is 29.4 Å². The van der Waals surface area contributed by atoms with E-state index in [4.69, 9.17) is 14.2 Å². The zero-order valence-electron chi connectivity index (χ0n) is 16.0. The molecule has 0 aliphatic carbocycles. The quantitative estimate of drug-likeness (QED) is 0.749. The monoisotopic (exact) mass is 390 g/mol. The summed E-state index contributed by atoms with van der Waals surface area (Å²) in [7, 11) is 4.63. The van der Waals surface area contributed by atoms with Crippen LogP contribution in [-0.2, 0) is 0 Å². The number of carbonyl (C=O) groups excluding carboxylic acids is 1. The number of hydrogen-bond donors (Lipinski definition) is 1. The molecular weight excluding hydrogens is 364 g/mol. The second kappa shape index (κ2) is 9.10. The molecule has 3 rings (SSSR count). The molecule has 6 nitrogen and oxygen atoms in total. The molecule has 1 aliphatic rings. The minimum absolute atomic E-state index is 0.157. The second-order valence-corrected chi connectivity index (χ2v) is 7.38. The van der Waals surface area contributed by atoms with Gasteiger partial charge in [-0.2, -0.15) is 0 Å². The number of methoxy groups -OCH3 is 3. The topological polar surface area (TPSA) is 60.0 Å². The Morgan fingerprint density at radius 1 is 1.15 bits per heavy atom. The molecule has 2 aromatic rings. The lowest BCUT2D eigenvalue weighted by molar-refractivity contribution is 0.0937. The number of carbonyl (C=O) groups is 1. The summed E-state index contributed by atoms with van der Waals surface area (Å²) in [5.74, 6) is 1.26. The van der Waals surface area contributed by atoms with Crippen molar-refractivity contribution in [2.24, 2.45) is 0 Å². The highest BCUT2D eigenvalue weighted by Gasteiger charge is 2.25. The molecule has 2 heterocycles. The fraction of sp³-hybridized carbons (Fsp3) is 0.450. The first-order valence-corrected chi connectivity index (χ1v) is 9.91. The summed E-state index contributed by atoms with van der Waals surface area (Å²) in [4.78, 5) is 16.5. The van der Waals surface area contributed by atoms with Gasteiger partial charge in [-0.05, 0) is 49.5 Å². The molecule has 1 aliphatic heterocycles. The van der Waals surface area contributed by atoms with Crippen LogP contribution in [0, 0.1) is 0 Å². The van der Waals surface area contributed by atoms with Gasteiger partial charge < -0.3 is 19.5 Å². The van der Waals surface area contributed by atoms with Gasteiger partial charge in [0.25, 0.3) is 5.91 Å². The number of ether oxygens (including phenoxy) is 3. The SMILES string of the molecule is COc1cc(C(=O)NC[C@H](c2cccs2)N2CCCC2)cc(OC)c1OC. The summed E-state index contributed by atoms with van der Waals surface area (Å²) in [6.45, 7) is 2.71. The van der Waals surface area contributed by atoms with E-state index >= 15 is 0 Å². The second-order valence-electron chi connectivity index (χ2n) is 6.40. The summed E-state index contributed by atoms with van der Waals surface area (Å²) in [6.07, 6.45) is 2.42. The first-order valence-electron chi connectivity index (χ1n) is 9.03. The van der Waals surface area contributed by atoms with Crippen LogP contribution >= 0.6 is 11.3 Å². The maximum absolute atomic E-state index is 12.8. The molecule has 1 atom stereocenters. The summed E-state index contributed by atoms with van der Waals surface area (Å²) >= 11 is 1.73. The van der Waals surface area contributed by atoms with Gasteiger partial charge >= 0.3 is 0 Å². The molecule has 27 heavy (non-hydrogen) atoms. The Kier molecular flexibility index (Phi) is 6.58. The van der Waals surface area contributed by atoms with E-state index in [0.717, 1.165) is 13.1 Å². The molecule has 146 valence electrons. The number of thiophene rings is 1. The molecule has 1 N–H and O–H groups in total. The van der Waals surface area contributed by atoms with E-state index in [9.17, 15) is 4.79 Å². The zero-order valence-corrected chi connectivity index (χ0v) is 16.8. The highest BCUT2D eigenvalue weighted by molar-refractivity contribution is 7.10. The van der Waals surface area contributed by atoms with Crippen molar-refractivity contribution >= 4 is 17.2 Å². The Morgan fingerprint density at radius 2 is 1.81 bits per heavy atom. The van der Waals surface area contributed by atoms with Gasteiger partial charge in [-0.1, -0.05) is 6.07 Å². The molecule has 1 aromatic carbocycles. The Labute approximate surface area is 164 Å². The van der Waals surface area contributed by atoms with Gasteiger partial charge in [-0.15, -0.1) is 11.3 Å². The normalized spacial score (nSPS) is 15.4. The van der Waals surface area contributed by atoms with Gasteiger partial charge in [0, 0.05) is 17.0 Å². The first-order chi connectivity index (χ1) is 13.2. The average molecular weight is 391 g/mol. The number of benzene rings is 1. The third-order valence-corrected chi connectivity index (χ3v) is 5.81. The Bertz CT molecular complexity index is 732. The lowest BCUT2D eigenvalue weighted by Gasteiger charge is -2.27. The molecule has 0 saturated carbocycles. The van der Waals surface area contributed by atoms with Gasteiger partial charge in [0.15, 0.2) is 11.5 Å². The van der Waals surface area contributed by atoms with E-state index in [2.05, 4.69) is 27.7 Å². The lowest BCUT2D eigenvalue weighted by atomic mass is 10.1. The van der Waals surface area contributed by atoms with Crippen molar-refractivity contribution < 1.29 is 19.0 Å². The third kappa shape index (κ3) is 4.36. The minimum atomic E-state index is -0.157. The maximum atomic E-state index is 12.8. The van der Waals surface area contributed by atoms with Gasteiger partial charge in [0.2, 0.25) is 5.75 Å². The van der Waals surface area contributed by atoms with Gasteiger partial charge in [-0.3, -0.25) is 9.69 Å². The number of amides is 1. The molecule has 0 bridgehead atoms. The highest BCUT2D eigenvalue weighted by Crippen LogP contribution is 2.38. The Hall–Kier alpha value is -2.25. The first kappa shape index (κ1) is 19.5. The van der Waals surface area contributed by atoms with Crippen LogP contribution in [-0.4, -0.2) is 51.8 Å². The Morgan fingerprint density at radius 3 is 2.33 bits per heavy atom. The van der Waals surface area contributed by atoms with E-state index in [-0.39, 0.29) is 11.9 Å². The van der Waals surface area contributed by atoms with Crippen molar-refractivity contribution in [2.45, 2.75) is 18.9 Å². The maximum Gasteiger partial charge on any atom is 0.251 e. The highest BCUT2D eigenvalue weighted by atomic mass is 32.1. The molecule has 1 saturated heterocycles. The van der Waals surface area contributed by atoms with Crippen LogP contribution in [0.4, 0.5) is 0 Å². The van der Waals surface area contributed by atoms with Crippen molar-refractivity contribution in [3.63, 3.8) is 0 Å². The number of likely N-dealkylation sites (tertiary alicyclic amines) is 1. The fourth-order valence-electron chi connectivity index (χ4n) is 3.45. The lowest BCUT2D eigenvalue weighted by Crippen LogP contribution is -2.36. The summed E-state index contributed by atoms with van der Waals surface area (Å²) < 4.78 is 16.0. The molecular formula is C20H26N2O4S. The van der Waals surface area contributed by atoms with Crippen molar-refractivity contribution in [2.75, 3.05) is 41.0 Å². The van der Waals surface area contributed by atoms with Gasteiger partial charge in [0.05, 0.1) is 27.4 Å². The summed E-state index contributed by atoms with van der Waals surface area (Å²) in [5.41, 5.74) is 0.482. The molecule has 1 fully saturated rings. The van der Waals surface area contributed by atoms with E-state index < -0.39 is 0 Å².